The molecule has 6 rings (SSSR count). The second-order valence-corrected chi connectivity index (χ2v) is 8.89. The normalized spacial score (nSPS) is 24.9. The van der Waals surface area contributed by atoms with Gasteiger partial charge in [-0.3, -0.25) is 4.79 Å². The molecule has 2 bridgehead atoms. The molecule has 2 aliphatic heterocycles. The van der Waals surface area contributed by atoms with Gasteiger partial charge >= 0.3 is 0 Å². The predicted molar refractivity (Wildman–Crippen MR) is 101 cm³/mol. The van der Waals surface area contributed by atoms with Crippen LogP contribution in [0.4, 0.5) is 0 Å². The lowest BCUT2D eigenvalue weighted by atomic mass is 9.72. The van der Waals surface area contributed by atoms with Gasteiger partial charge < -0.3 is 14.9 Å². The van der Waals surface area contributed by atoms with Crippen molar-refractivity contribution < 1.29 is 4.79 Å². The van der Waals surface area contributed by atoms with Crippen LogP contribution < -0.4 is 0 Å². The molecule has 3 aliphatic rings. The number of nitrogens with zero attached hydrogens (tertiary/aromatic N) is 2. The van der Waals surface area contributed by atoms with Crippen molar-refractivity contribution in [3.63, 3.8) is 0 Å². The molecule has 4 heterocycles. The van der Waals surface area contributed by atoms with Crippen LogP contribution in [-0.2, 0) is 11.0 Å². The molecule has 0 unspecified atom stereocenters. The average molecular weight is 348 g/mol. The molecule has 1 amide bonds. The molecular formula is C21H24N4O. The molecule has 5 nitrogen and oxygen atoms in total. The molecule has 0 spiro atoms. The van der Waals surface area contributed by atoms with Gasteiger partial charge in [0.15, 0.2) is 0 Å². The van der Waals surface area contributed by atoms with Crippen molar-refractivity contribution >= 4 is 16.8 Å². The van der Waals surface area contributed by atoms with Gasteiger partial charge in [-0.1, -0.05) is 26.8 Å². The summed E-state index contributed by atoms with van der Waals surface area (Å²) >= 11 is 0. The lowest BCUT2D eigenvalue weighted by molar-refractivity contribution is 0.0523. The summed E-state index contributed by atoms with van der Waals surface area (Å²) in [5.74, 6) is 1.60. The summed E-state index contributed by atoms with van der Waals surface area (Å²) in [5, 5.41) is 1.10. The number of amides is 1. The highest BCUT2D eigenvalue weighted by molar-refractivity contribution is 5.99. The number of carbonyl (C=O) groups is 1. The molecular weight excluding hydrogens is 324 g/mol. The molecule has 2 N–H and O–H groups in total. The third kappa shape index (κ3) is 2.09. The first kappa shape index (κ1) is 15.7. The van der Waals surface area contributed by atoms with E-state index in [2.05, 4.69) is 53.9 Å². The van der Waals surface area contributed by atoms with Crippen LogP contribution in [0.3, 0.4) is 0 Å². The fourth-order valence-corrected chi connectivity index (χ4v) is 4.66. The zero-order valence-electron chi connectivity index (χ0n) is 15.5. The van der Waals surface area contributed by atoms with Crippen molar-refractivity contribution in [2.75, 3.05) is 6.54 Å². The SMILES string of the molecule is CC(C)(C)c1ccc2[nH]c(C(=O)N3CC4CC3(c3ncc[nH]3)C4)cc2c1. The zero-order chi connectivity index (χ0) is 18.1. The Kier molecular flexibility index (Phi) is 3.01. The van der Waals surface area contributed by atoms with Gasteiger partial charge in [-0.05, 0) is 47.9 Å². The summed E-state index contributed by atoms with van der Waals surface area (Å²) in [4.78, 5) is 26.3. The third-order valence-corrected chi connectivity index (χ3v) is 6.11. The number of nitrogens with one attached hydrogen (secondary N) is 2. The lowest BCUT2D eigenvalue weighted by Gasteiger charge is -2.40. The Morgan fingerprint density at radius 1 is 1.27 bits per heavy atom. The number of aromatic nitrogens is 3. The van der Waals surface area contributed by atoms with Gasteiger partial charge in [0.25, 0.3) is 5.91 Å². The van der Waals surface area contributed by atoms with E-state index in [9.17, 15) is 4.79 Å². The van der Waals surface area contributed by atoms with E-state index in [-0.39, 0.29) is 16.9 Å². The lowest BCUT2D eigenvalue weighted by Crippen LogP contribution is -2.46. The summed E-state index contributed by atoms with van der Waals surface area (Å²) in [5.41, 5.74) is 2.82. The maximum Gasteiger partial charge on any atom is 0.271 e. The fourth-order valence-electron chi connectivity index (χ4n) is 4.66. The van der Waals surface area contributed by atoms with Gasteiger partial charge in [-0.2, -0.15) is 0 Å². The molecule has 26 heavy (non-hydrogen) atoms. The Bertz CT molecular complexity index is 987. The standard InChI is InChI=1S/C21H24N4O/c1-20(2,3)15-4-5-16-14(8-15)9-17(24-16)18(26)25-12-13-10-21(25,11-13)19-22-6-7-23-19/h4-9,13,24H,10-12H2,1-3H3,(H,22,23). The Hall–Kier alpha value is -2.56. The fraction of sp³-hybridized carbons (Fsp3) is 0.429. The Morgan fingerprint density at radius 3 is 2.77 bits per heavy atom. The summed E-state index contributed by atoms with van der Waals surface area (Å²) in [7, 11) is 0. The predicted octanol–water partition coefficient (Wildman–Crippen LogP) is 3.95. The maximum absolute atomic E-state index is 13.3. The van der Waals surface area contributed by atoms with Crippen LogP contribution in [0.15, 0.2) is 36.7 Å². The topological polar surface area (TPSA) is 64.8 Å². The third-order valence-electron chi connectivity index (χ3n) is 6.11. The summed E-state index contributed by atoms with van der Waals surface area (Å²) in [6.07, 6.45) is 5.64. The quantitative estimate of drug-likeness (QED) is 0.736. The number of rotatable bonds is 2. The minimum absolute atomic E-state index is 0.0786. The first-order chi connectivity index (χ1) is 12.4. The van der Waals surface area contributed by atoms with Crippen molar-refractivity contribution in [2.45, 2.75) is 44.6 Å². The molecule has 0 radical (unpaired) electrons. The highest BCUT2D eigenvalue weighted by Gasteiger charge is 2.60. The number of benzene rings is 1. The van der Waals surface area contributed by atoms with Crippen LogP contribution in [-0.4, -0.2) is 32.3 Å². The number of aromatic amines is 2. The highest BCUT2D eigenvalue weighted by atomic mass is 16.2. The molecule has 5 heteroatoms. The first-order valence-corrected chi connectivity index (χ1v) is 9.32. The number of hydrogen-bond donors (Lipinski definition) is 2. The van der Waals surface area contributed by atoms with Crippen LogP contribution >= 0.6 is 0 Å². The van der Waals surface area contributed by atoms with Crippen LogP contribution in [0.25, 0.3) is 10.9 Å². The smallest absolute Gasteiger partial charge is 0.271 e. The van der Waals surface area contributed by atoms with Crippen LogP contribution in [0, 0.1) is 5.92 Å². The van der Waals surface area contributed by atoms with Crippen molar-refractivity contribution in [3.8, 4) is 0 Å². The van der Waals surface area contributed by atoms with E-state index in [4.69, 9.17) is 0 Å². The molecule has 1 saturated carbocycles. The van der Waals surface area contributed by atoms with Gasteiger partial charge in [-0.25, -0.2) is 4.98 Å². The second kappa shape index (κ2) is 5.00. The molecule has 3 fully saturated rings. The van der Waals surface area contributed by atoms with Crippen molar-refractivity contribution in [3.05, 3.63) is 53.7 Å². The molecule has 1 aromatic carbocycles. The van der Waals surface area contributed by atoms with E-state index < -0.39 is 0 Å². The maximum atomic E-state index is 13.3. The van der Waals surface area contributed by atoms with Crippen molar-refractivity contribution in [2.24, 2.45) is 5.92 Å². The molecule has 134 valence electrons. The first-order valence-electron chi connectivity index (χ1n) is 9.32. The monoisotopic (exact) mass is 348 g/mol. The highest BCUT2D eigenvalue weighted by Crippen LogP contribution is 2.56. The summed E-state index contributed by atoms with van der Waals surface area (Å²) in [6.45, 7) is 7.44. The number of fused-ring (bicyclic) bond motifs is 2. The summed E-state index contributed by atoms with van der Waals surface area (Å²) in [6, 6.07) is 8.41. The van der Waals surface area contributed by atoms with Gasteiger partial charge in [-0.15, -0.1) is 0 Å². The largest absolute Gasteiger partial charge is 0.351 e. The van der Waals surface area contributed by atoms with E-state index in [0.29, 0.717) is 11.6 Å². The van der Waals surface area contributed by atoms with Crippen LogP contribution in [0.2, 0.25) is 0 Å². The molecule has 1 aliphatic carbocycles. The molecule has 0 atom stereocenters. The molecule has 2 saturated heterocycles. The second-order valence-electron chi connectivity index (χ2n) is 8.89. The Morgan fingerprint density at radius 2 is 2.08 bits per heavy atom. The zero-order valence-corrected chi connectivity index (χ0v) is 15.5. The van der Waals surface area contributed by atoms with Crippen LogP contribution in [0.5, 0.6) is 0 Å². The number of carbonyl (C=O) groups excluding carboxylic acids is 1. The number of imidazole rings is 1. The van der Waals surface area contributed by atoms with Gasteiger partial charge in [0, 0.05) is 29.8 Å². The van der Waals surface area contributed by atoms with Gasteiger partial charge in [0.05, 0.1) is 0 Å². The minimum Gasteiger partial charge on any atom is -0.351 e. The van der Waals surface area contributed by atoms with Crippen molar-refractivity contribution in [1.82, 2.24) is 19.9 Å². The van der Waals surface area contributed by atoms with E-state index >= 15 is 0 Å². The van der Waals surface area contributed by atoms with Crippen LogP contribution in [0.1, 0.15) is 55.5 Å². The Balaban J connectivity index is 1.51. The minimum atomic E-state index is -0.237. The van der Waals surface area contributed by atoms with E-state index in [1.54, 1.807) is 6.20 Å². The van der Waals surface area contributed by atoms with E-state index in [1.165, 1.54) is 5.56 Å². The van der Waals surface area contributed by atoms with Gasteiger partial charge in [0.1, 0.15) is 17.1 Å². The average Bonchev–Trinajstić information content (AvgIpc) is 3.31. The van der Waals surface area contributed by atoms with Crippen molar-refractivity contribution in [1.29, 1.82) is 0 Å². The molecule has 2 aromatic heterocycles. The van der Waals surface area contributed by atoms with E-state index in [0.717, 1.165) is 36.1 Å². The number of hydrogen-bond acceptors (Lipinski definition) is 2. The Labute approximate surface area is 152 Å². The van der Waals surface area contributed by atoms with Gasteiger partial charge in [0.2, 0.25) is 0 Å². The summed E-state index contributed by atoms with van der Waals surface area (Å²) < 4.78 is 0. The number of H-pyrrole nitrogens is 2. The van der Waals surface area contributed by atoms with E-state index in [1.807, 2.05) is 17.2 Å². The molecule has 3 aromatic rings.